The summed E-state index contributed by atoms with van der Waals surface area (Å²) in [6.07, 6.45) is 4.55. The standard InChI is InChI=1S/C17H17FN6O2/c18-14-9-11(3-8-21-14)22-16-13(15(20)26)10-24(23-16)17(6-7-19)4-1-12(25)2-5-17/h3,8-10H,1-2,4-6H2,(H2,20,26)(H,21,22,23). The molecular weight excluding hydrogens is 339 g/mol. The highest BCUT2D eigenvalue weighted by Gasteiger charge is 2.38. The number of nitriles is 1. The van der Waals surface area contributed by atoms with Gasteiger partial charge in [0.25, 0.3) is 5.91 Å². The number of hydrogen-bond donors (Lipinski definition) is 2. The number of aromatic nitrogens is 3. The summed E-state index contributed by atoms with van der Waals surface area (Å²) in [4.78, 5) is 26.9. The molecule has 3 N–H and O–H groups in total. The summed E-state index contributed by atoms with van der Waals surface area (Å²) in [6, 6.07) is 4.83. The summed E-state index contributed by atoms with van der Waals surface area (Å²) in [5.74, 6) is -1.07. The number of amides is 1. The van der Waals surface area contributed by atoms with Gasteiger partial charge < -0.3 is 11.1 Å². The first kappa shape index (κ1) is 17.5. The van der Waals surface area contributed by atoms with Crippen molar-refractivity contribution in [3.8, 4) is 6.07 Å². The molecule has 0 atom stereocenters. The van der Waals surface area contributed by atoms with Crippen LogP contribution < -0.4 is 11.1 Å². The lowest BCUT2D eigenvalue weighted by molar-refractivity contribution is -0.122. The normalized spacial score (nSPS) is 16.1. The predicted octanol–water partition coefficient (Wildman–Crippen LogP) is 2.01. The topological polar surface area (TPSA) is 127 Å². The largest absolute Gasteiger partial charge is 0.365 e. The third kappa shape index (κ3) is 3.39. The van der Waals surface area contributed by atoms with Crippen molar-refractivity contribution in [2.24, 2.45) is 5.73 Å². The van der Waals surface area contributed by atoms with Gasteiger partial charge >= 0.3 is 0 Å². The van der Waals surface area contributed by atoms with E-state index in [-0.39, 0.29) is 23.6 Å². The van der Waals surface area contributed by atoms with Crippen LogP contribution in [0.5, 0.6) is 0 Å². The van der Waals surface area contributed by atoms with Crippen LogP contribution in [0.25, 0.3) is 0 Å². The van der Waals surface area contributed by atoms with E-state index in [1.54, 1.807) is 4.68 Å². The molecule has 2 heterocycles. The van der Waals surface area contributed by atoms with Crippen molar-refractivity contribution in [2.75, 3.05) is 5.32 Å². The van der Waals surface area contributed by atoms with Crippen LogP contribution in [0.3, 0.4) is 0 Å². The molecule has 134 valence electrons. The third-order valence-electron chi connectivity index (χ3n) is 4.60. The first-order valence-corrected chi connectivity index (χ1v) is 8.11. The van der Waals surface area contributed by atoms with Crippen LogP contribution in [-0.4, -0.2) is 26.5 Å². The maximum Gasteiger partial charge on any atom is 0.254 e. The summed E-state index contributed by atoms with van der Waals surface area (Å²) in [5.41, 5.74) is 5.25. The van der Waals surface area contributed by atoms with E-state index in [2.05, 4.69) is 21.5 Å². The van der Waals surface area contributed by atoms with Gasteiger partial charge in [0.1, 0.15) is 11.3 Å². The number of halogens is 1. The van der Waals surface area contributed by atoms with Crippen LogP contribution in [0, 0.1) is 17.3 Å². The average Bonchev–Trinajstić information content (AvgIpc) is 3.02. The van der Waals surface area contributed by atoms with Gasteiger partial charge in [-0.1, -0.05) is 0 Å². The number of hydrogen-bond acceptors (Lipinski definition) is 6. The number of Topliss-reactive ketones (excluding diaryl/α,β-unsaturated/α-hetero) is 1. The number of ketones is 1. The number of nitrogens with zero attached hydrogens (tertiary/aromatic N) is 4. The van der Waals surface area contributed by atoms with E-state index in [1.807, 2.05) is 0 Å². The molecule has 1 aliphatic rings. The van der Waals surface area contributed by atoms with Crippen molar-refractivity contribution in [2.45, 2.75) is 37.6 Å². The molecule has 26 heavy (non-hydrogen) atoms. The number of carbonyl (C=O) groups is 2. The lowest BCUT2D eigenvalue weighted by atomic mass is 9.79. The summed E-state index contributed by atoms with van der Waals surface area (Å²) in [6.45, 7) is 0. The summed E-state index contributed by atoms with van der Waals surface area (Å²) in [7, 11) is 0. The van der Waals surface area contributed by atoms with Crippen LogP contribution >= 0.6 is 0 Å². The van der Waals surface area contributed by atoms with Crippen LogP contribution in [0.15, 0.2) is 24.5 Å². The minimum Gasteiger partial charge on any atom is -0.365 e. The van der Waals surface area contributed by atoms with E-state index in [9.17, 15) is 19.2 Å². The van der Waals surface area contributed by atoms with Gasteiger partial charge in [-0.15, -0.1) is 0 Å². The maximum absolute atomic E-state index is 13.3. The van der Waals surface area contributed by atoms with E-state index in [4.69, 9.17) is 5.73 Å². The van der Waals surface area contributed by atoms with Crippen molar-refractivity contribution in [3.63, 3.8) is 0 Å². The minimum absolute atomic E-state index is 0.122. The Labute approximate surface area is 148 Å². The molecule has 0 aromatic carbocycles. The Morgan fingerprint density at radius 1 is 1.46 bits per heavy atom. The van der Waals surface area contributed by atoms with Gasteiger partial charge in [-0.2, -0.15) is 14.8 Å². The molecule has 1 amide bonds. The smallest absolute Gasteiger partial charge is 0.254 e. The number of rotatable bonds is 5. The zero-order valence-corrected chi connectivity index (χ0v) is 13.9. The summed E-state index contributed by atoms with van der Waals surface area (Å²) < 4.78 is 14.8. The number of carbonyl (C=O) groups excluding carboxylic acids is 2. The number of nitrogens with one attached hydrogen (secondary N) is 1. The fourth-order valence-electron chi connectivity index (χ4n) is 3.13. The first-order chi connectivity index (χ1) is 12.4. The molecule has 2 aromatic heterocycles. The Bertz CT molecular complexity index is 891. The lowest BCUT2D eigenvalue weighted by Crippen LogP contribution is -2.38. The van der Waals surface area contributed by atoms with Crippen molar-refractivity contribution >= 4 is 23.2 Å². The van der Waals surface area contributed by atoms with Crippen LogP contribution in [-0.2, 0) is 10.3 Å². The summed E-state index contributed by atoms with van der Waals surface area (Å²) >= 11 is 0. The number of primary amides is 1. The maximum atomic E-state index is 13.3. The zero-order valence-electron chi connectivity index (χ0n) is 13.9. The van der Waals surface area contributed by atoms with E-state index < -0.39 is 17.4 Å². The van der Waals surface area contributed by atoms with Gasteiger partial charge in [0.05, 0.1) is 18.0 Å². The first-order valence-electron chi connectivity index (χ1n) is 8.11. The SMILES string of the molecule is N#CCC1(n2cc(C(N)=O)c(Nc3ccnc(F)c3)n2)CCC(=O)CC1. The van der Waals surface area contributed by atoms with Gasteiger partial charge in [-0.25, -0.2) is 4.98 Å². The molecule has 1 fully saturated rings. The fourth-order valence-corrected chi connectivity index (χ4v) is 3.13. The number of anilines is 2. The van der Waals surface area contributed by atoms with Gasteiger partial charge in [0.2, 0.25) is 5.95 Å². The van der Waals surface area contributed by atoms with Crippen LogP contribution in [0.2, 0.25) is 0 Å². The number of nitrogens with two attached hydrogens (primary N) is 1. The molecular formula is C17H17FN6O2. The second-order valence-corrected chi connectivity index (χ2v) is 6.29. The molecule has 2 aromatic rings. The van der Waals surface area contributed by atoms with Crippen LogP contribution in [0.1, 0.15) is 42.5 Å². The van der Waals surface area contributed by atoms with Crippen molar-refractivity contribution in [1.82, 2.24) is 14.8 Å². The fraction of sp³-hybridized carbons (Fsp3) is 0.353. The van der Waals surface area contributed by atoms with Crippen molar-refractivity contribution in [1.29, 1.82) is 5.26 Å². The lowest BCUT2D eigenvalue weighted by Gasteiger charge is -2.35. The molecule has 0 spiro atoms. The van der Waals surface area contributed by atoms with Gasteiger partial charge in [0.15, 0.2) is 5.82 Å². The van der Waals surface area contributed by atoms with Crippen molar-refractivity contribution in [3.05, 3.63) is 36.0 Å². The van der Waals surface area contributed by atoms with E-state index in [0.29, 0.717) is 31.4 Å². The minimum atomic E-state index is -0.702. The Balaban J connectivity index is 1.99. The molecule has 0 aliphatic heterocycles. The van der Waals surface area contributed by atoms with Gasteiger partial charge in [-0.05, 0) is 18.9 Å². The van der Waals surface area contributed by atoms with E-state index in [1.165, 1.54) is 18.5 Å². The van der Waals surface area contributed by atoms with Crippen molar-refractivity contribution < 1.29 is 14.0 Å². The highest BCUT2D eigenvalue weighted by Crippen LogP contribution is 2.37. The molecule has 1 saturated carbocycles. The quantitative estimate of drug-likeness (QED) is 0.789. The second kappa shape index (κ2) is 6.92. The molecule has 8 nitrogen and oxygen atoms in total. The molecule has 9 heteroatoms. The Kier molecular flexibility index (Phi) is 4.67. The summed E-state index contributed by atoms with van der Waals surface area (Å²) in [5, 5.41) is 16.5. The highest BCUT2D eigenvalue weighted by molar-refractivity contribution is 5.98. The second-order valence-electron chi connectivity index (χ2n) is 6.29. The molecule has 0 bridgehead atoms. The molecule has 0 radical (unpaired) electrons. The Morgan fingerprint density at radius 3 is 2.81 bits per heavy atom. The number of pyridine rings is 1. The van der Waals surface area contributed by atoms with Crippen LogP contribution in [0.4, 0.5) is 15.9 Å². The zero-order chi connectivity index (χ0) is 18.7. The van der Waals surface area contributed by atoms with Gasteiger partial charge in [0, 0.05) is 37.0 Å². The Morgan fingerprint density at radius 2 is 2.19 bits per heavy atom. The van der Waals surface area contributed by atoms with E-state index >= 15 is 0 Å². The van der Waals surface area contributed by atoms with Gasteiger partial charge in [-0.3, -0.25) is 14.3 Å². The molecule has 1 aliphatic carbocycles. The van der Waals surface area contributed by atoms with E-state index in [0.717, 1.165) is 6.07 Å². The third-order valence-corrected chi connectivity index (χ3v) is 4.60. The molecule has 3 rings (SSSR count). The molecule has 0 unspecified atom stereocenters. The Hall–Kier alpha value is -3.28. The monoisotopic (exact) mass is 356 g/mol. The predicted molar refractivity (Wildman–Crippen MR) is 89.9 cm³/mol. The highest BCUT2D eigenvalue weighted by atomic mass is 19.1. The average molecular weight is 356 g/mol. The molecule has 0 saturated heterocycles.